The second-order valence-electron chi connectivity index (χ2n) is 8.18. The van der Waals surface area contributed by atoms with Crippen LogP contribution in [0.4, 0.5) is 0 Å². The van der Waals surface area contributed by atoms with Crippen LogP contribution in [-0.4, -0.2) is 46.5 Å². The van der Waals surface area contributed by atoms with E-state index in [1.54, 1.807) is 16.7 Å². The number of amides is 2. The first-order chi connectivity index (χ1) is 12.2. The molecular formula is C20H28N2O3S. The molecule has 0 aromatic heterocycles. The zero-order valence-corrected chi connectivity index (χ0v) is 16.8. The molecule has 2 unspecified atom stereocenters. The first-order valence-corrected chi connectivity index (χ1v) is 10.2. The normalized spacial score (nSPS) is 25.3. The highest BCUT2D eigenvalue weighted by atomic mass is 32.2. The third kappa shape index (κ3) is 3.85. The lowest BCUT2D eigenvalue weighted by Crippen LogP contribution is -2.50. The Kier molecular flexibility index (Phi) is 5.24. The summed E-state index contributed by atoms with van der Waals surface area (Å²) in [6.07, 6.45) is 1.37. The molecule has 0 spiro atoms. The Labute approximate surface area is 159 Å². The first-order valence-electron chi connectivity index (χ1n) is 9.18. The Morgan fingerprint density at radius 1 is 1.35 bits per heavy atom. The van der Waals surface area contributed by atoms with Crippen molar-refractivity contribution in [3.05, 3.63) is 29.8 Å². The van der Waals surface area contributed by atoms with E-state index in [0.29, 0.717) is 25.3 Å². The average Bonchev–Trinajstić information content (AvgIpc) is 3.07. The van der Waals surface area contributed by atoms with Gasteiger partial charge in [0.1, 0.15) is 18.4 Å². The molecular weight excluding hydrogens is 348 g/mol. The van der Waals surface area contributed by atoms with Crippen LogP contribution >= 0.6 is 11.8 Å². The maximum absolute atomic E-state index is 12.5. The fourth-order valence-corrected chi connectivity index (χ4v) is 4.96. The van der Waals surface area contributed by atoms with Gasteiger partial charge >= 0.3 is 0 Å². The smallest absolute Gasteiger partial charge is 0.243 e. The summed E-state index contributed by atoms with van der Waals surface area (Å²) in [5.41, 5.74) is 1.38. The molecule has 1 N–H and O–H groups in total. The Balaban J connectivity index is 1.45. The van der Waals surface area contributed by atoms with E-state index >= 15 is 0 Å². The van der Waals surface area contributed by atoms with Crippen molar-refractivity contribution in [1.29, 1.82) is 0 Å². The number of fused-ring (bicyclic) bond motifs is 1. The van der Waals surface area contributed by atoms with Crippen molar-refractivity contribution < 1.29 is 14.3 Å². The van der Waals surface area contributed by atoms with Gasteiger partial charge in [-0.2, -0.15) is 0 Å². The summed E-state index contributed by atoms with van der Waals surface area (Å²) in [5, 5.41) is 2.91. The van der Waals surface area contributed by atoms with Gasteiger partial charge in [0.25, 0.3) is 0 Å². The molecule has 2 aliphatic heterocycles. The van der Waals surface area contributed by atoms with Gasteiger partial charge < -0.3 is 15.0 Å². The zero-order chi connectivity index (χ0) is 18.9. The molecule has 2 fully saturated rings. The molecule has 2 atom stereocenters. The number of ether oxygens (including phenoxy) is 1. The predicted molar refractivity (Wildman–Crippen MR) is 104 cm³/mol. The van der Waals surface area contributed by atoms with E-state index in [-0.39, 0.29) is 28.1 Å². The number of hydrogen-bond acceptors (Lipinski definition) is 4. The maximum atomic E-state index is 12.5. The van der Waals surface area contributed by atoms with E-state index in [1.807, 2.05) is 12.1 Å². The molecule has 1 aromatic rings. The van der Waals surface area contributed by atoms with Crippen LogP contribution in [0.5, 0.6) is 5.75 Å². The number of carbonyl (C=O) groups excluding carboxylic acids is 2. The monoisotopic (exact) mass is 376 g/mol. The third-order valence-corrected chi connectivity index (χ3v) is 6.64. The summed E-state index contributed by atoms with van der Waals surface area (Å²) in [4.78, 5) is 26.1. The quantitative estimate of drug-likeness (QED) is 0.803. The second kappa shape index (κ2) is 7.14. The number of rotatable bonds is 5. The molecule has 5 nitrogen and oxygen atoms in total. The van der Waals surface area contributed by atoms with Crippen LogP contribution < -0.4 is 10.1 Å². The summed E-state index contributed by atoms with van der Waals surface area (Å²) >= 11 is 1.71. The topological polar surface area (TPSA) is 58.6 Å². The fourth-order valence-electron chi connectivity index (χ4n) is 3.53. The SMILES string of the molecule is CC(C)(C)c1ccc(OCCNC(=O)C2CSC3(C)CCC(=O)N23)cc1. The number of nitrogens with one attached hydrogen (secondary N) is 1. The standard InChI is InChI=1S/C20H28N2O3S/c1-19(2,3)14-5-7-15(8-6-14)25-12-11-21-18(24)16-13-26-20(4)10-9-17(23)22(16)20/h5-8,16H,9-13H2,1-4H3,(H,21,24). The summed E-state index contributed by atoms with van der Waals surface area (Å²) in [6, 6.07) is 7.72. The molecule has 3 rings (SSSR count). The van der Waals surface area contributed by atoms with Gasteiger partial charge in [-0.1, -0.05) is 32.9 Å². The third-order valence-electron chi connectivity index (χ3n) is 5.14. The Morgan fingerprint density at radius 3 is 2.69 bits per heavy atom. The molecule has 0 bridgehead atoms. The molecule has 0 aliphatic carbocycles. The van der Waals surface area contributed by atoms with Crippen molar-refractivity contribution in [1.82, 2.24) is 10.2 Å². The lowest BCUT2D eigenvalue weighted by atomic mass is 9.87. The van der Waals surface area contributed by atoms with E-state index < -0.39 is 0 Å². The van der Waals surface area contributed by atoms with Crippen molar-refractivity contribution >= 4 is 23.6 Å². The summed E-state index contributed by atoms with van der Waals surface area (Å²) in [7, 11) is 0. The van der Waals surface area contributed by atoms with Crippen LogP contribution in [0.2, 0.25) is 0 Å². The number of thioether (sulfide) groups is 1. The lowest BCUT2D eigenvalue weighted by Gasteiger charge is -2.29. The van der Waals surface area contributed by atoms with Crippen LogP contribution in [0.15, 0.2) is 24.3 Å². The minimum Gasteiger partial charge on any atom is -0.492 e. The van der Waals surface area contributed by atoms with Crippen LogP contribution in [-0.2, 0) is 15.0 Å². The minimum atomic E-state index is -0.355. The Bertz CT molecular complexity index is 683. The molecule has 0 saturated carbocycles. The van der Waals surface area contributed by atoms with Gasteiger partial charge in [0.05, 0.1) is 11.4 Å². The molecule has 6 heteroatoms. The van der Waals surface area contributed by atoms with Crippen LogP contribution in [0, 0.1) is 0 Å². The number of hydrogen-bond donors (Lipinski definition) is 1. The lowest BCUT2D eigenvalue weighted by molar-refractivity contribution is -0.137. The van der Waals surface area contributed by atoms with Gasteiger partial charge in [-0.05, 0) is 36.5 Å². The average molecular weight is 377 g/mol. The first kappa shape index (κ1) is 19.1. The van der Waals surface area contributed by atoms with Crippen molar-refractivity contribution in [3.8, 4) is 5.75 Å². The highest BCUT2D eigenvalue weighted by Gasteiger charge is 2.52. The molecule has 2 heterocycles. The predicted octanol–water partition coefficient (Wildman–Crippen LogP) is 2.93. The number of benzene rings is 1. The van der Waals surface area contributed by atoms with Crippen molar-refractivity contribution in [3.63, 3.8) is 0 Å². The van der Waals surface area contributed by atoms with Crippen molar-refractivity contribution in [2.45, 2.75) is 56.9 Å². The maximum Gasteiger partial charge on any atom is 0.243 e. The van der Waals surface area contributed by atoms with Crippen LogP contribution in [0.1, 0.15) is 46.1 Å². The zero-order valence-electron chi connectivity index (χ0n) is 16.0. The Hall–Kier alpha value is -1.69. The molecule has 2 saturated heterocycles. The van der Waals surface area contributed by atoms with Gasteiger partial charge in [0.2, 0.25) is 11.8 Å². The van der Waals surface area contributed by atoms with Gasteiger partial charge in [-0.15, -0.1) is 11.8 Å². The summed E-state index contributed by atoms with van der Waals surface area (Å²) < 4.78 is 5.71. The molecule has 142 valence electrons. The molecule has 2 aliphatic rings. The van der Waals surface area contributed by atoms with Gasteiger partial charge in [-0.3, -0.25) is 9.59 Å². The molecule has 1 aromatic carbocycles. The molecule has 0 radical (unpaired) electrons. The number of carbonyl (C=O) groups is 2. The van der Waals surface area contributed by atoms with E-state index in [0.717, 1.165) is 12.2 Å². The highest BCUT2D eigenvalue weighted by molar-refractivity contribution is 8.01. The van der Waals surface area contributed by atoms with Crippen LogP contribution in [0.3, 0.4) is 0 Å². The molecule has 2 amide bonds. The van der Waals surface area contributed by atoms with Gasteiger partial charge in [0, 0.05) is 12.2 Å². The van der Waals surface area contributed by atoms with E-state index in [4.69, 9.17) is 4.74 Å². The van der Waals surface area contributed by atoms with Crippen molar-refractivity contribution in [2.75, 3.05) is 18.9 Å². The second-order valence-corrected chi connectivity index (χ2v) is 9.68. The Morgan fingerprint density at radius 2 is 2.04 bits per heavy atom. The highest BCUT2D eigenvalue weighted by Crippen LogP contribution is 2.47. The summed E-state index contributed by atoms with van der Waals surface area (Å²) in [6.45, 7) is 9.42. The van der Waals surface area contributed by atoms with Gasteiger partial charge in [0.15, 0.2) is 0 Å². The fraction of sp³-hybridized carbons (Fsp3) is 0.600. The van der Waals surface area contributed by atoms with Crippen molar-refractivity contribution in [2.24, 2.45) is 0 Å². The number of nitrogens with zero attached hydrogens (tertiary/aromatic N) is 1. The van der Waals surface area contributed by atoms with Crippen LogP contribution in [0.25, 0.3) is 0 Å². The van der Waals surface area contributed by atoms with E-state index in [9.17, 15) is 9.59 Å². The minimum absolute atomic E-state index is 0.0804. The summed E-state index contributed by atoms with van der Waals surface area (Å²) in [5.74, 6) is 1.48. The largest absolute Gasteiger partial charge is 0.492 e. The van der Waals surface area contributed by atoms with Gasteiger partial charge in [-0.25, -0.2) is 0 Å². The van der Waals surface area contributed by atoms with E-state index in [2.05, 4.69) is 45.1 Å². The molecule has 26 heavy (non-hydrogen) atoms. The van der Waals surface area contributed by atoms with E-state index in [1.165, 1.54) is 5.56 Å².